The number of ether oxygens (including phenoxy) is 3. The quantitative estimate of drug-likeness (QED) is 0.540. The number of aromatic nitrogens is 3. The minimum absolute atomic E-state index is 0.00337. The molecule has 0 bridgehead atoms. The van der Waals surface area contributed by atoms with Crippen LogP contribution in [0.25, 0.3) is 11.4 Å². The Morgan fingerprint density at radius 1 is 1.35 bits per heavy atom. The maximum absolute atomic E-state index is 12.9. The zero-order valence-electron chi connectivity index (χ0n) is 17.6. The number of carbonyl (C=O) groups excluding carboxylic acids is 1. The highest BCUT2D eigenvalue weighted by molar-refractivity contribution is 7.71. The Labute approximate surface area is 185 Å². The van der Waals surface area contributed by atoms with Crippen LogP contribution < -0.4 is 19.5 Å². The lowest BCUT2D eigenvalue weighted by atomic mass is 10.1. The fraction of sp³-hybridized carbons (Fsp3) is 0.318. The largest absolute Gasteiger partial charge is 0.497 e. The van der Waals surface area contributed by atoms with Crippen LogP contribution >= 0.6 is 12.2 Å². The highest BCUT2D eigenvalue weighted by Crippen LogP contribution is 2.38. The van der Waals surface area contributed by atoms with Crippen LogP contribution in [0.1, 0.15) is 19.4 Å². The van der Waals surface area contributed by atoms with Gasteiger partial charge in [-0.15, -0.1) is 0 Å². The summed E-state index contributed by atoms with van der Waals surface area (Å²) in [5.74, 6) is 2.44. The summed E-state index contributed by atoms with van der Waals surface area (Å²) in [6, 6.07) is 11.1. The Morgan fingerprint density at radius 3 is 2.84 bits per heavy atom. The van der Waals surface area contributed by atoms with Gasteiger partial charge in [0.2, 0.25) is 5.91 Å². The number of rotatable bonds is 7. The van der Waals surface area contributed by atoms with Crippen molar-refractivity contribution in [1.29, 1.82) is 0 Å². The van der Waals surface area contributed by atoms with E-state index >= 15 is 0 Å². The molecule has 3 aromatic rings. The lowest BCUT2D eigenvalue weighted by Crippen LogP contribution is -2.20. The van der Waals surface area contributed by atoms with Gasteiger partial charge in [0.05, 0.1) is 19.4 Å². The third-order valence-corrected chi connectivity index (χ3v) is 5.29. The monoisotopic (exact) mass is 440 g/mol. The zero-order chi connectivity index (χ0) is 22.0. The standard InChI is InChI=1S/C22H24N4O4S/c1-4-29-19-10-15-9-13(2)30-18(15)11-17(19)23-20(27)12-26-21(24-25-22(26)31)14-5-7-16(28-3)8-6-14/h5-8,10-11,13H,4,9,12H2,1-3H3,(H,23,27)(H,25,31)/t13-/m1/s1. The molecular weight excluding hydrogens is 416 g/mol. The summed E-state index contributed by atoms with van der Waals surface area (Å²) < 4.78 is 18.8. The van der Waals surface area contributed by atoms with E-state index in [1.807, 2.05) is 50.2 Å². The van der Waals surface area contributed by atoms with Crippen molar-refractivity contribution in [3.63, 3.8) is 0 Å². The van der Waals surface area contributed by atoms with Gasteiger partial charge in [0.15, 0.2) is 10.6 Å². The molecule has 1 amide bonds. The first-order valence-corrected chi connectivity index (χ1v) is 10.4. The van der Waals surface area contributed by atoms with Gasteiger partial charge in [0, 0.05) is 23.6 Å². The number of carbonyl (C=O) groups is 1. The molecule has 0 fully saturated rings. The smallest absolute Gasteiger partial charge is 0.244 e. The normalized spacial score (nSPS) is 14.6. The van der Waals surface area contributed by atoms with E-state index in [2.05, 4.69) is 15.5 Å². The molecule has 0 aliphatic carbocycles. The number of benzene rings is 2. The highest BCUT2D eigenvalue weighted by atomic mass is 32.1. The number of nitrogens with one attached hydrogen (secondary N) is 2. The van der Waals surface area contributed by atoms with Gasteiger partial charge in [0.25, 0.3) is 0 Å². The summed E-state index contributed by atoms with van der Waals surface area (Å²) in [5.41, 5.74) is 2.46. The number of methoxy groups -OCH3 is 1. The molecule has 9 heteroatoms. The van der Waals surface area contributed by atoms with Crippen LogP contribution in [0, 0.1) is 4.77 Å². The average Bonchev–Trinajstić information content (AvgIpc) is 3.29. The second kappa shape index (κ2) is 8.81. The molecule has 162 valence electrons. The fourth-order valence-corrected chi connectivity index (χ4v) is 3.77. The summed E-state index contributed by atoms with van der Waals surface area (Å²) in [6.07, 6.45) is 0.922. The van der Waals surface area contributed by atoms with E-state index in [1.54, 1.807) is 11.7 Å². The lowest BCUT2D eigenvalue weighted by molar-refractivity contribution is -0.116. The van der Waals surface area contributed by atoms with E-state index in [0.29, 0.717) is 28.6 Å². The second-order valence-electron chi connectivity index (χ2n) is 7.24. The van der Waals surface area contributed by atoms with Gasteiger partial charge in [-0.05, 0) is 56.4 Å². The first-order valence-electron chi connectivity index (χ1n) is 10.0. The van der Waals surface area contributed by atoms with Crippen molar-refractivity contribution in [1.82, 2.24) is 14.8 Å². The van der Waals surface area contributed by atoms with Gasteiger partial charge in [-0.1, -0.05) is 0 Å². The van der Waals surface area contributed by atoms with Gasteiger partial charge in [-0.2, -0.15) is 5.10 Å². The number of amides is 1. The molecule has 1 aliphatic heterocycles. The maximum atomic E-state index is 12.9. The van der Waals surface area contributed by atoms with Crippen LogP contribution in [-0.2, 0) is 17.8 Å². The van der Waals surface area contributed by atoms with Crippen molar-refractivity contribution in [2.75, 3.05) is 19.0 Å². The molecule has 1 aromatic heterocycles. The molecule has 1 atom stereocenters. The molecule has 8 nitrogen and oxygen atoms in total. The van der Waals surface area contributed by atoms with Crippen molar-refractivity contribution in [2.45, 2.75) is 32.9 Å². The summed E-state index contributed by atoms with van der Waals surface area (Å²) in [7, 11) is 1.61. The van der Waals surface area contributed by atoms with E-state index in [-0.39, 0.29) is 18.6 Å². The molecule has 2 heterocycles. The number of anilines is 1. The zero-order valence-corrected chi connectivity index (χ0v) is 18.4. The van der Waals surface area contributed by atoms with Gasteiger partial charge in [-0.3, -0.25) is 14.5 Å². The Bertz CT molecular complexity index is 1150. The predicted molar refractivity (Wildman–Crippen MR) is 119 cm³/mol. The number of H-pyrrole nitrogens is 1. The van der Waals surface area contributed by atoms with Crippen LogP contribution in [0.15, 0.2) is 36.4 Å². The van der Waals surface area contributed by atoms with Crippen molar-refractivity contribution < 1.29 is 19.0 Å². The van der Waals surface area contributed by atoms with Gasteiger partial charge in [-0.25, -0.2) is 0 Å². The summed E-state index contributed by atoms with van der Waals surface area (Å²) in [4.78, 5) is 12.9. The first-order chi connectivity index (χ1) is 15.0. The second-order valence-corrected chi connectivity index (χ2v) is 7.62. The van der Waals surface area contributed by atoms with E-state index in [0.717, 1.165) is 29.0 Å². The fourth-order valence-electron chi connectivity index (χ4n) is 3.57. The van der Waals surface area contributed by atoms with E-state index in [1.165, 1.54) is 0 Å². The first kappa shape index (κ1) is 20.9. The van der Waals surface area contributed by atoms with Gasteiger partial charge in [0.1, 0.15) is 29.9 Å². The maximum Gasteiger partial charge on any atom is 0.244 e. The Morgan fingerprint density at radius 2 is 2.13 bits per heavy atom. The Balaban J connectivity index is 1.57. The predicted octanol–water partition coefficient (Wildman–Crippen LogP) is 3.98. The van der Waals surface area contributed by atoms with Crippen molar-refractivity contribution in [3.05, 3.63) is 46.7 Å². The van der Waals surface area contributed by atoms with E-state index in [9.17, 15) is 4.79 Å². The average molecular weight is 441 g/mol. The molecular formula is C22H24N4O4S. The Hall–Kier alpha value is -3.33. The number of hydrogen-bond donors (Lipinski definition) is 2. The molecule has 1 aliphatic rings. The van der Waals surface area contributed by atoms with Crippen molar-refractivity contribution in [3.8, 4) is 28.6 Å². The van der Waals surface area contributed by atoms with E-state index < -0.39 is 0 Å². The number of aromatic amines is 1. The van der Waals surface area contributed by atoms with Crippen LogP contribution in [0.4, 0.5) is 5.69 Å². The molecule has 0 spiro atoms. The van der Waals surface area contributed by atoms with Crippen LogP contribution in [-0.4, -0.2) is 40.5 Å². The van der Waals surface area contributed by atoms with Gasteiger partial charge >= 0.3 is 0 Å². The molecule has 0 radical (unpaired) electrons. The number of nitrogens with zero attached hydrogens (tertiary/aromatic N) is 2. The topological polar surface area (TPSA) is 90.4 Å². The highest BCUT2D eigenvalue weighted by Gasteiger charge is 2.23. The van der Waals surface area contributed by atoms with Crippen LogP contribution in [0.3, 0.4) is 0 Å². The SMILES string of the molecule is CCOc1cc2c(cc1NC(=O)Cn1c(-c3ccc(OC)cc3)n[nH]c1=S)O[C@H](C)C2. The van der Waals surface area contributed by atoms with E-state index in [4.69, 9.17) is 26.4 Å². The molecule has 31 heavy (non-hydrogen) atoms. The lowest BCUT2D eigenvalue weighted by Gasteiger charge is -2.14. The van der Waals surface area contributed by atoms with Crippen LogP contribution in [0.5, 0.6) is 17.2 Å². The summed E-state index contributed by atoms with van der Waals surface area (Å²) >= 11 is 5.35. The third kappa shape index (κ3) is 4.41. The van der Waals surface area contributed by atoms with Crippen molar-refractivity contribution >= 4 is 23.8 Å². The molecule has 4 rings (SSSR count). The number of hydrogen-bond acceptors (Lipinski definition) is 6. The van der Waals surface area contributed by atoms with Crippen molar-refractivity contribution in [2.24, 2.45) is 0 Å². The summed E-state index contributed by atoms with van der Waals surface area (Å²) in [6.45, 7) is 4.41. The van der Waals surface area contributed by atoms with Crippen LogP contribution in [0.2, 0.25) is 0 Å². The summed E-state index contributed by atoms with van der Waals surface area (Å²) in [5, 5.41) is 9.98. The molecule has 2 N–H and O–H groups in total. The minimum atomic E-state index is -0.251. The number of fused-ring (bicyclic) bond motifs is 1. The molecule has 0 saturated carbocycles. The third-order valence-electron chi connectivity index (χ3n) is 4.98. The Kier molecular flexibility index (Phi) is 5.94. The minimum Gasteiger partial charge on any atom is -0.497 e. The van der Waals surface area contributed by atoms with Gasteiger partial charge < -0.3 is 19.5 Å². The molecule has 2 aromatic carbocycles. The molecule has 0 unspecified atom stereocenters. The molecule has 0 saturated heterocycles.